The second-order valence-electron chi connectivity index (χ2n) is 5.91. The van der Waals surface area contributed by atoms with Crippen molar-refractivity contribution in [3.63, 3.8) is 0 Å². The standard InChI is InChI=1S/C13H13F6NO6S2/c1-6(25-27(21,22)12(14,15)16)10-8-4-5-9(20(8)3)11(10)7(2)26-28(23,24)13(17,18)19/h8-9H,1-2,4-5H2,3H3. The van der Waals surface area contributed by atoms with E-state index in [9.17, 15) is 43.2 Å². The fourth-order valence-corrected chi connectivity index (χ4v) is 4.01. The van der Waals surface area contributed by atoms with Crippen LogP contribution in [0.1, 0.15) is 12.8 Å². The molecule has 0 spiro atoms. The van der Waals surface area contributed by atoms with Crippen molar-refractivity contribution < 1.29 is 51.5 Å². The molecule has 0 aromatic rings. The first-order chi connectivity index (χ1) is 12.4. The largest absolute Gasteiger partial charge is 0.534 e. The molecule has 0 N–H and O–H groups in total. The van der Waals surface area contributed by atoms with Gasteiger partial charge in [-0.2, -0.15) is 43.2 Å². The first kappa shape index (κ1) is 22.5. The van der Waals surface area contributed by atoms with E-state index in [0.29, 0.717) is 0 Å². The van der Waals surface area contributed by atoms with Crippen LogP contribution in [0.25, 0.3) is 0 Å². The second-order valence-corrected chi connectivity index (χ2v) is 8.99. The zero-order chi connectivity index (χ0) is 21.9. The van der Waals surface area contributed by atoms with E-state index in [0.717, 1.165) is 0 Å². The van der Waals surface area contributed by atoms with Gasteiger partial charge in [0.25, 0.3) is 0 Å². The number of hydrogen-bond donors (Lipinski definition) is 0. The van der Waals surface area contributed by atoms with Crippen LogP contribution in [0.15, 0.2) is 35.8 Å². The first-order valence-corrected chi connectivity index (χ1v) is 10.1. The predicted molar refractivity (Wildman–Crippen MR) is 82.0 cm³/mol. The SMILES string of the molecule is C=C(OS(=O)(=O)C(F)(F)F)C1=C(C(=C)OS(=O)(=O)C(F)(F)F)C2CCC1N2C. The Kier molecular flexibility index (Phi) is 5.36. The van der Waals surface area contributed by atoms with Crippen LogP contribution in [0.4, 0.5) is 26.3 Å². The van der Waals surface area contributed by atoms with E-state index in [1.165, 1.54) is 11.9 Å². The lowest BCUT2D eigenvalue weighted by Gasteiger charge is -2.21. The summed E-state index contributed by atoms with van der Waals surface area (Å²) in [7, 11) is -10.7. The molecular formula is C13H13F6NO6S2. The molecule has 7 nitrogen and oxygen atoms in total. The smallest absolute Gasteiger partial charge is 0.376 e. The van der Waals surface area contributed by atoms with Gasteiger partial charge < -0.3 is 8.37 Å². The van der Waals surface area contributed by atoms with Gasteiger partial charge in [0.2, 0.25) is 0 Å². The maximum Gasteiger partial charge on any atom is 0.534 e. The van der Waals surface area contributed by atoms with E-state index in [-0.39, 0.29) is 24.0 Å². The van der Waals surface area contributed by atoms with Crippen LogP contribution in [0.5, 0.6) is 0 Å². The lowest BCUT2D eigenvalue weighted by atomic mass is 9.90. The van der Waals surface area contributed by atoms with Gasteiger partial charge in [0.05, 0.1) is 0 Å². The zero-order valence-corrected chi connectivity index (χ0v) is 15.6. The quantitative estimate of drug-likeness (QED) is 0.262. The van der Waals surface area contributed by atoms with Crippen LogP contribution in [0, 0.1) is 0 Å². The second kappa shape index (κ2) is 6.66. The van der Waals surface area contributed by atoms with Crippen molar-refractivity contribution in [2.45, 2.75) is 35.9 Å². The topological polar surface area (TPSA) is 90.0 Å². The molecule has 2 bridgehead atoms. The van der Waals surface area contributed by atoms with Crippen LogP contribution < -0.4 is 0 Å². The lowest BCUT2D eigenvalue weighted by molar-refractivity contribution is -0.0526. The van der Waals surface area contributed by atoms with E-state index < -0.39 is 54.9 Å². The Balaban J connectivity index is 2.45. The normalized spacial score (nSPS) is 23.8. The van der Waals surface area contributed by atoms with Gasteiger partial charge in [-0.05, 0) is 19.9 Å². The van der Waals surface area contributed by atoms with Crippen molar-refractivity contribution in [1.82, 2.24) is 4.90 Å². The zero-order valence-electron chi connectivity index (χ0n) is 14.0. The molecule has 0 aromatic heterocycles. The van der Waals surface area contributed by atoms with Gasteiger partial charge in [-0.1, -0.05) is 13.2 Å². The van der Waals surface area contributed by atoms with Crippen molar-refractivity contribution >= 4 is 20.2 Å². The van der Waals surface area contributed by atoms with Crippen LogP contribution in [-0.4, -0.2) is 51.9 Å². The molecule has 2 rings (SSSR count). The van der Waals surface area contributed by atoms with Gasteiger partial charge >= 0.3 is 31.3 Å². The minimum Gasteiger partial charge on any atom is -0.376 e. The molecule has 2 heterocycles. The third-order valence-corrected chi connectivity index (χ3v) is 6.22. The van der Waals surface area contributed by atoms with E-state index >= 15 is 0 Å². The van der Waals surface area contributed by atoms with Crippen LogP contribution >= 0.6 is 0 Å². The molecule has 2 atom stereocenters. The summed E-state index contributed by atoms with van der Waals surface area (Å²) in [6, 6.07) is -1.55. The molecule has 0 amide bonds. The maximum atomic E-state index is 12.5. The average molecular weight is 457 g/mol. The minimum absolute atomic E-state index is 0.285. The number of hydrogen-bond acceptors (Lipinski definition) is 7. The van der Waals surface area contributed by atoms with Crippen molar-refractivity contribution in [2.75, 3.05) is 7.05 Å². The molecule has 1 fully saturated rings. The van der Waals surface area contributed by atoms with E-state index in [4.69, 9.17) is 0 Å². The average Bonchev–Trinajstić information content (AvgIpc) is 2.97. The van der Waals surface area contributed by atoms with Gasteiger partial charge in [0.15, 0.2) is 0 Å². The summed E-state index contributed by atoms with van der Waals surface area (Å²) in [6.07, 6.45) is 0.571. The highest BCUT2D eigenvalue weighted by Crippen LogP contribution is 2.47. The van der Waals surface area contributed by atoms with Crippen molar-refractivity contribution in [2.24, 2.45) is 0 Å². The number of rotatable bonds is 6. The Morgan fingerprint density at radius 1 is 0.857 bits per heavy atom. The molecule has 0 saturated carbocycles. The molecule has 0 aromatic carbocycles. The Labute approximate surface area is 156 Å². The highest BCUT2D eigenvalue weighted by Gasteiger charge is 2.53. The van der Waals surface area contributed by atoms with Crippen LogP contribution in [0.3, 0.4) is 0 Å². The molecule has 160 valence electrons. The summed E-state index contributed by atoms with van der Waals surface area (Å²) < 4.78 is 128. The number of likely N-dealkylation sites (N-methyl/N-ethyl adjacent to an activating group) is 1. The first-order valence-electron chi connectivity index (χ1n) is 7.26. The molecular weight excluding hydrogens is 444 g/mol. The monoisotopic (exact) mass is 457 g/mol. The van der Waals surface area contributed by atoms with Gasteiger partial charge in [0.1, 0.15) is 11.5 Å². The fraction of sp³-hybridized carbons (Fsp3) is 0.538. The van der Waals surface area contributed by atoms with Crippen molar-refractivity contribution in [3.8, 4) is 0 Å². The Hall–Kier alpha value is -1.74. The van der Waals surface area contributed by atoms with Crippen molar-refractivity contribution in [3.05, 3.63) is 35.8 Å². The molecule has 2 aliphatic rings. The maximum absolute atomic E-state index is 12.5. The minimum atomic E-state index is -6.10. The number of halogens is 6. The number of nitrogens with zero attached hydrogens (tertiary/aromatic N) is 1. The fourth-order valence-electron chi connectivity index (χ4n) is 3.12. The summed E-state index contributed by atoms with van der Waals surface area (Å²) >= 11 is 0. The summed E-state index contributed by atoms with van der Waals surface area (Å²) in [5.74, 6) is -2.03. The Morgan fingerprint density at radius 3 is 1.39 bits per heavy atom. The molecule has 2 aliphatic heterocycles. The molecule has 1 saturated heterocycles. The van der Waals surface area contributed by atoms with Gasteiger partial charge in [-0.25, -0.2) is 0 Å². The molecule has 0 radical (unpaired) electrons. The van der Waals surface area contributed by atoms with Gasteiger partial charge in [-0.15, -0.1) is 0 Å². The molecule has 2 unspecified atom stereocenters. The van der Waals surface area contributed by atoms with Gasteiger partial charge in [0, 0.05) is 23.2 Å². The lowest BCUT2D eigenvalue weighted by Crippen LogP contribution is -2.29. The van der Waals surface area contributed by atoms with E-state index in [1.807, 2.05) is 0 Å². The third kappa shape index (κ3) is 3.74. The predicted octanol–water partition coefficient (Wildman–Crippen LogP) is 2.52. The van der Waals surface area contributed by atoms with Crippen molar-refractivity contribution in [1.29, 1.82) is 0 Å². The summed E-state index contributed by atoms with van der Waals surface area (Å²) in [6.45, 7) is 6.22. The molecule has 28 heavy (non-hydrogen) atoms. The molecule has 0 aliphatic carbocycles. The number of fused-ring (bicyclic) bond motifs is 2. The van der Waals surface area contributed by atoms with Crippen LogP contribution in [-0.2, 0) is 28.6 Å². The number of alkyl halides is 6. The molecule has 15 heteroatoms. The van der Waals surface area contributed by atoms with E-state index in [1.54, 1.807) is 0 Å². The Morgan fingerprint density at radius 2 is 1.14 bits per heavy atom. The summed E-state index contributed by atoms with van der Waals surface area (Å²) in [5, 5.41) is 0. The van der Waals surface area contributed by atoms with E-state index in [2.05, 4.69) is 21.5 Å². The third-order valence-electron chi connectivity index (χ3n) is 4.24. The summed E-state index contributed by atoms with van der Waals surface area (Å²) in [5.41, 5.74) is -12.2. The summed E-state index contributed by atoms with van der Waals surface area (Å²) in [4.78, 5) is 1.48. The highest BCUT2D eigenvalue weighted by atomic mass is 32.2. The Bertz CT molecular complexity index is 871. The van der Waals surface area contributed by atoms with Crippen LogP contribution in [0.2, 0.25) is 0 Å². The van der Waals surface area contributed by atoms with Gasteiger partial charge in [-0.3, -0.25) is 4.90 Å². The highest BCUT2D eigenvalue weighted by molar-refractivity contribution is 7.88.